The molecule has 3 rings (SSSR count). The van der Waals surface area contributed by atoms with Crippen LogP contribution in [0.4, 0.5) is 4.79 Å². The minimum Gasteiger partial charge on any atom is -0.339 e. The molecule has 136 valence electrons. The molecule has 0 aliphatic carbocycles. The van der Waals surface area contributed by atoms with Gasteiger partial charge in [-0.3, -0.25) is 14.5 Å². The Morgan fingerprint density at radius 3 is 2.62 bits per heavy atom. The van der Waals surface area contributed by atoms with Crippen molar-refractivity contribution in [3.63, 3.8) is 0 Å². The molecule has 6 nitrogen and oxygen atoms in total. The maximum atomic E-state index is 12.5. The van der Waals surface area contributed by atoms with Gasteiger partial charge >= 0.3 is 6.03 Å². The maximum absolute atomic E-state index is 12.5. The number of hydrogen-bond donors (Lipinski definition) is 1. The summed E-state index contributed by atoms with van der Waals surface area (Å²) >= 11 is 7.28. The van der Waals surface area contributed by atoms with Crippen LogP contribution in [0.1, 0.15) is 10.4 Å². The van der Waals surface area contributed by atoms with E-state index in [1.54, 1.807) is 13.1 Å². The number of urea groups is 1. The fraction of sp³-hybridized carbons (Fsp3) is 0.278. The Bertz CT molecular complexity index is 824. The van der Waals surface area contributed by atoms with E-state index in [4.69, 9.17) is 11.6 Å². The number of benzene rings is 1. The van der Waals surface area contributed by atoms with Crippen molar-refractivity contribution in [3.05, 3.63) is 57.2 Å². The number of hydrogen-bond acceptors (Lipinski definition) is 4. The standard InChI is InChI=1S/C18H18ClN3O3S/c1-21(10-13-7-8-15(19)26-13)16(23)11-22-17(24)14(20-18(22)25)9-12-5-3-2-4-6-12/h2-8,14H,9-11H2,1H3,(H,20,25). The molecule has 1 fully saturated rings. The van der Waals surface area contributed by atoms with Gasteiger partial charge in [-0.2, -0.15) is 0 Å². The highest BCUT2D eigenvalue weighted by Crippen LogP contribution is 2.22. The van der Waals surface area contributed by atoms with Crippen LogP contribution < -0.4 is 5.32 Å². The largest absolute Gasteiger partial charge is 0.339 e. The van der Waals surface area contributed by atoms with Crippen molar-refractivity contribution < 1.29 is 14.4 Å². The molecule has 2 aromatic rings. The third-order valence-corrected chi connectivity index (χ3v) is 5.35. The molecule has 0 spiro atoms. The van der Waals surface area contributed by atoms with Gasteiger partial charge in [-0.1, -0.05) is 41.9 Å². The van der Waals surface area contributed by atoms with E-state index >= 15 is 0 Å². The minimum absolute atomic E-state index is 0.272. The molecule has 2 heterocycles. The maximum Gasteiger partial charge on any atom is 0.325 e. The van der Waals surface area contributed by atoms with Crippen LogP contribution in [0.15, 0.2) is 42.5 Å². The van der Waals surface area contributed by atoms with Crippen molar-refractivity contribution in [2.24, 2.45) is 0 Å². The van der Waals surface area contributed by atoms with Crippen LogP contribution in [0.2, 0.25) is 4.34 Å². The molecular formula is C18H18ClN3O3S. The van der Waals surface area contributed by atoms with Gasteiger partial charge in [-0.25, -0.2) is 4.79 Å². The van der Waals surface area contributed by atoms with Crippen molar-refractivity contribution >= 4 is 40.8 Å². The van der Waals surface area contributed by atoms with Gasteiger partial charge in [0.15, 0.2) is 0 Å². The molecule has 1 aliphatic rings. The first kappa shape index (κ1) is 18.4. The van der Waals surface area contributed by atoms with Crippen molar-refractivity contribution in [2.45, 2.75) is 19.0 Å². The Morgan fingerprint density at radius 2 is 1.96 bits per heavy atom. The van der Waals surface area contributed by atoms with E-state index < -0.39 is 12.1 Å². The van der Waals surface area contributed by atoms with Crippen molar-refractivity contribution in [1.82, 2.24) is 15.1 Å². The fourth-order valence-electron chi connectivity index (χ4n) is 2.73. The number of nitrogens with zero attached hydrogens (tertiary/aromatic N) is 2. The summed E-state index contributed by atoms with van der Waals surface area (Å²) in [5.41, 5.74) is 0.950. The van der Waals surface area contributed by atoms with Gasteiger partial charge in [0, 0.05) is 18.3 Å². The van der Waals surface area contributed by atoms with Crippen molar-refractivity contribution in [3.8, 4) is 0 Å². The monoisotopic (exact) mass is 391 g/mol. The lowest BCUT2D eigenvalue weighted by molar-refractivity contribution is -0.136. The van der Waals surface area contributed by atoms with Crippen molar-refractivity contribution in [1.29, 1.82) is 0 Å². The normalized spacial score (nSPS) is 16.7. The predicted molar refractivity (Wildman–Crippen MR) is 100.0 cm³/mol. The Hall–Kier alpha value is -2.38. The SMILES string of the molecule is CN(Cc1ccc(Cl)s1)C(=O)CN1C(=O)NC(Cc2ccccc2)C1=O. The second-order valence-electron chi connectivity index (χ2n) is 6.07. The molecule has 1 saturated heterocycles. The summed E-state index contributed by atoms with van der Waals surface area (Å²) < 4.78 is 0.652. The van der Waals surface area contributed by atoms with E-state index in [1.807, 2.05) is 36.4 Å². The van der Waals surface area contributed by atoms with Gasteiger partial charge in [0.2, 0.25) is 5.91 Å². The first-order valence-electron chi connectivity index (χ1n) is 8.08. The van der Waals surface area contributed by atoms with E-state index in [0.717, 1.165) is 15.3 Å². The number of halogens is 1. The Morgan fingerprint density at radius 1 is 1.23 bits per heavy atom. The van der Waals surface area contributed by atoms with Gasteiger partial charge in [-0.05, 0) is 17.7 Å². The van der Waals surface area contributed by atoms with Crippen molar-refractivity contribution in [2.75, 3.05) is 13.6 Å². The number of carbonyl (C=O) groups excluding carboxylic acids is 3. The van der Waals surface area contributed by atoms with E-state index in [1.165, 1.54) is 16.2 Å². The van der Waals surface area contributed by atoms with Gasteiger partial charge in [0.25, 0.3) is 5.91 Å². The number of amides is 4. The molecule has 0 bridgehead atoms. The van der Waals surface area contributed by atoms with Gasteiger partial charge in [-0.15, -0.1) is 11.3 Å². The average Bonchev–Trinajstić information content (AvgIpc) is 3.13. The Labute approximate surface area is 160 Å². The van der Waals surface area contributed by atoms with Crippen LogP contribution in [-0.4, -0.2) is 47.3 Å². The van der Waals surface area contributed by atoms with Gasteiger partial charge in [0.05, 0.1) is 10.9 Å². The summed E-state index contributed by atoms with van der Waals surface area (Å²) in [5.74, 6) is -0.682. The number of nitrogens with one attached hydrogen (secondary N) is 1. The lowest BCUT2D eigenvalue weighted by atomic mass is 10.1. The molecule has 0 saturated carbocycles. The zero-order chi connectivity index (χ0) is 18.7. The summed E-state index contributed by atoms with van der Waals surface area (Å²) in [4.78, 5) is 40.4. The topological polar surface area (TPSA) is 69.7 Å². The zero-order valence-corrected chi connectivity index (χ0v) is 15.7. The molecule has 4 amide bonds. The predicted octanol–water partition coefficient (Wildman–Crippen LogP) is 2.52. The third-order valence-electron chi connectivity index (χ3n) is 4.13. The van der Waals surface area contributed by atoms with E-state index in [9.17, 15) is 14.4 Å². The summed E-state index contributed by atoms with van der Waals surface area (Å²) in [7, 11) is 1.63. The number of rotatable bonds is 6. The lowest BCUT2D eigenvalue weighted by Gasteiger charge is -2.19. The van der Waals surface area contributed by atoms with E-state index in [0.29, 0.717) is 17.3 Å². The third kappa shape index (κ3) is 4.23. The molecule has 1 aliphatic heterocycles. The molecule has 1 N–H and O–H groups in total. The number of thiophene rings is 1. The van der Waals surface area contributed by atoms with Crippen LogP contribution >= 0.6 is 22.9 Å². The number of likely N-dealkylation sites (N-methyl/N-ethyl adjacent to an activating group) is 1. The number of imide groups is 1. The highest BCUT2D eigenvalue weighted by Gasteiger charge is 2.39. The van der Waals surface area contributed by atoms with Crippen LogP contribution in [-0.2, 0) is 22.6 Å². The quantitative estimate of drug-likeness (QED) is 0.769. The van der Waals surface area contributed by atoms with E-state index in [2.05, 4.69) is 5.32 Å². The average molecular weight is 392 g/mol. The molecule has 8 heteroatoms. The smallest absolute Gasteiger partial charge is 0.325 e. The summed E-state index contributed by atoms with van der Waals surface area (Å²) in [6.45, 7) is 0.110. The Balaban J connectivity index is 1.59. The Kier molecular flexibility index (Phi) is 5.58. The molecule has 26 heavy (non-hydrogen) atoms. The summed E-state index contributed by atoms with van der Waals surface area (Å²) in [5, 5.41) is 2.65. The summed E-state index contributed by atoms with van der Waals surface area (Å²) in [6.07, 6.45) is 0.402. The van der Waals surface area contributed by atoms with Gasteiger partial charge < -0.3 is 10.2 Å². The molecular weight excluding hydrogens is 374 g/mol. The minimum atomic E-state index is -0.640. The highest BCUT2D eigenvalue weighted by molar-refractivity contribution is 7.16. The lowest BCUT2D eigenvalue weighted by Crippen LogP contribution is -2.41. The first-order valence-corrected chi connectivity index (χ1v) is 9.27. The van der Waals surface area contributed by atoms with Crippen LogP contribution in [0, 0.1) is 0 Å². The fourth-order valence-corrected chi connectivity index (χ4v) is 3.87. The molecule has 1 aromatic heterocycles. The zero-order valence-electron chi connectivity index (χ0n) is 14.1. The molecule has 1 aromatic carbocycles. The van der Waals surface area contributed by atoms with E-state index in [-0.39, 0.29) is 18.4 Å². The van der Waals surface area contributed by atoms with Crippen LogP contribution in [0.3, 0.4) is 0 Å². The highest BCUT2D eigenvalue weighted by atomic mass is 35.5. The van der Waals surface area contributed by atoms with Gasteiger partial charge in [0.1, 0.15) is 12.6 Å². The molecule has 1 atom stereocenters. The molecule has 1 unspecified atom stereocenters. The second kappa shape index (κ2) is 7.88. The van der Waals surface area contributed by atoms with Crippen LogP contribution in [0.5, 0.6) is 0 Å². The number of carbonyl (C=O) groups is 3. The second-order valence-corrected chi connectivity index (χ2v) is 7.87. The summed E-state index contributed by atoms with van der Waals surface area (Å²) in [6, 6.07) is 11.9. The first-order chi connectivity index (χ1) is 12.4. The molecule has 0 radical (unpaired) electrons. The van der Waals surface area contributed by atoms with Crippen LogP contribution in [0.25, 0.3) is 0 Å².